The van der Waals surface area contributed by atoms with Crippen LogP contribution in [0.2, 0.25) is 0 Å². The highest BCUT2D eigenvalue weighted by atomic mass is 32.2. The summed E-state index contributed by atoms with van der Waals surface area (Å²) < 4.78 is 38.3. The Morgan fingerprint density at radius 1 is 1.30 bits per heavy atom. The fraction of sp³-hybridized carbons (Fsp3) is 0.571. The molecule has 0 aromatic heterocycles. The molecule has 20 heavy (non-hydrogen) atoms. The Morgan fingerprint density at radius 3 is 2.40 bits per heavy atom. The second kappa shape index (κ2) is 7.22. The summed E-state index contributed by atoms with van der Waals surface area (Å²) in [6, 6.07) is 5.17. The molecule has 6 heteroatoms. The number of rotatable bonds is 6. The predicted octanol–water partition coefficient (Wildman–Crippen LogP) is 4.03. The average molecular weight is 306 g/mol. The first kappa shape index (κ1) is 17.2. The third kappa shape index (κ3) is 4.59. The van der Waals surface area contributed by atoms with E-state index in [2.05, 4.69) is 0 Å². The second-order valence-electron chi connectivity index (χ2n) is 4.73. The summed E-state index contributed by atoms with van der Waals surface area (Å²) in [5.41, 5.74) is 7.13. The van der Waals surface area contributed by atoms with Crippen LogP contribution in [0.1, 0.15) is 26.3 Å². The van der Waals surface area contributed by atoms with Gasteiger partial charge in [0.15, 0.2) is 0 Å². The van der Waals surface area contributed by atoms with Crippen LogP contribution in [0, 0.1) is 0 Å². The number of halogens is 3. The van der Waals surface area contributed by atoms with E-state index in [1.807, 2.05) is 13.0 Å². The molecule has 1 aromatic rings. The normalized spacial score (nSPS) is 12.0. The number of benzene rings is 1. The topological polar surface area (TPSA) is 29.3 Å². The van der Waals surface area contributed by atoms with Crippen molar-refractivity contribution in [2.75, 3.05) is 17.2 Å². The Labute approximate surface area is 122 Å². The van der Waals surface area contributed by atoms with Crippen molar-refractivity contribution in [1.82, 2.24) is 0 Å². The largest absolute Gasteiger partial charge is 0.405 e. The molecule has 2 N–H and O–H groups in total. The third-order valence-corrected chi connectivity index (χ3v) is 3.88. The minimum absolute atomic E-state index is 0.236. The zero-order valence-electron chi connectivity index (χ0n) is 12.0. The van der Waals surface area contributed by atoms with Crippen molar-refractivity contribution in [3.8, 4) is 0 Å². The first-order valence-electron chi connectivity index (χ1n) is 6.58. The minimum Gasteiger partial charge on any atom is -0.360 e. The molecule has 0 aliphatic carbocycles. The third-order valence-electron chi connectivity index (χ3n) is 2.89. The van der Waals surface area contributed by atoms with Gasteiger partial charge >= 0.3 is 6.18 Å². The van der Waals surface area contributed by atoms with Gasteiger partial charge in [-0.3, -0.25) is 0 Å². The molecule has 0 aliphatic heterocycles. The standard InChI is InChI=1S/C14H21F3N2S/c1-4-20-13-7-5-6-12(11(13)8-18)19(10(2)3)9-14(15,16)17/h5-7,10H,4,8-9,18H2,1-3H3. The van der Waals surface area contributed by atoms with Gasteiger partial charge in [0, 0.05) is 28.7 Å². The van der Waals surface area contributed by atoms with Crippen LogP contribution in [0.4, 0.5) is 18.9 Å². The van der Waals surface area contributed by atoms with Crippen LogP contribution < -0.4 is 10.6 Å². The Hall–Kier alpha value is -0.880. The number of nitrogens with two attached hydrogens (primary N) is 1. The molecule has 0 spiro atoms. The van der Waals surface area contributed by atoms with E-state index >= 15 is 0 Å². The molecule has 0 radical (unpaired) electrons. The average Bonchev–Trinajstić information content (AvgIpc) is 2.35. The van der Waals surface area contributed by atoms with Crippen LogP contribution >= 0.6 is 11.8 Å². The molecule has 0 amide bonds. The van der Waals surface area contributed by atoms with Gasteiger partial charge in [0.1, 0.15) is 6.54 Å². The van der Waals surface area contributed by atoms with Gasteiger partial charge in [-0.1, -0.05) is 13.0 Å². The van der Waals surface area contributed by atoms with Crippen molar-refractivity contribution in [1.29, 1.82) is 0 Å². The molecule has 1 aromatic carbocycles. The summed E-state index contributed by atoms with van der Waals surface area (Å²) in [5, 5.41) is 0. The maximum Gasteiger partial charge on any atom is 0.405 e. The lowest BCUT2D eigenvalue weighted by Crippen LogP contribution is -2.39. The zero-order chi connectivity index (χ0) is 15.3. The molecule has 0 saturated carbocycles. The quantitative estimate of drug-likeness (QED) is 0.804. The smallest absolute Gasteiger partial charge is 0.360 e. The summed E-state index contributed by atoms with van der Waals surface area (Å²) in [6.07, 6.45) is -4.23. The van der Waals surface area contributed by atoms with Crippen LogP contribution in [0.25, 0.3) is 0 Å². The predicted molar refractivity (Wildman–Crippen MR) is 79.3 cm³/mol. The SMILES string of the molecule is CCSc1cccc(N(CC(F)(F)F)C(C)C)c1CN. The molecular formula is C14H21F3N2S. The number of hydrogen-bond donors (Lipinski definition) is 1. The molecule has 0 aliphatic rings. The molecule has 114 valence electrons. The number of anilines is 1. The molecule has 0 heterocycles. The number of thioether (sulfide) groups is 1. The molecular weight excluding hydrogens is 285 g/mol. The van der Waals surface area contributed by atoms with Crippen LogP contribution in [0.3, 0.4) is 0 Å². The monoisotopic (exact) mass is 306 g/mol. The molecule has 1 rings (SSSR count). The van der Waals surface area contributed by atoms with Gasteiger partial charge < -0.3 is 10.6 Å². The van der Waals surface area contributed by atoms with Crippen molar-refractivity contribution >= 4 is 17.4 Å². The maximum atomic E-state index is 12.8. The lowest BCUT2D eigenvalue weighted by Gasteiger charge is -2.32. The molecule has 0 bridgehead atoms. The van der Waals surface area contributed by atoms with Crippen molar-refractivity contribution < 1.29 is 13.2 Å². The highest BCUT2D eigenvalue weighted by Crippen LogP contribution is 2.33. The second-order valence-corrected chi connectivity index (χ2v) is 6.03. The van der Waals surface area contributed by atoms with Gasteiger partial charge in [-0.05, 0) is 31.7 Å². The minimum atomic E-state index is -4.23. The van der Waals surface area contributed by atoms with E-state index in [0.29, 0.717) is 5.69 Å². The van der Waals surface area contributed by atoms with E-state index in [-0.39, 0.29) is 12.6 Å². The maximum absolute atomic E-state index is 12.8. The van der Waals surface area contributed by atoms with Crippen molar-refractivity contribution in [2.45, 2.75) is 44.4 Å². The van der Waals surface area contributed by atoms with E-state index in [1.165, 1.54) is 4.90 Å². The Bertz CT molecular complexity index is 433. The summed E-state index contributed by atoms with van der Waals surface area (Å²) in [6.45, 7) is 4.79. The van der Waals surface area contributed by atoms with Gasteiger partial charge in [0.2, 0.25) is 0 Å². The van der Waals surface area contributed by atoms with Gasteiger partial charge in [-0.2, -0.15) is 13.2 Å². The summed E-state index contributed by atoms with van der Waals surface area (Å²) in [5.74, 6) is 0.859. The van der Waals surface area contributed by atoms with Crippen molar-refractivity contribution in [3.63, 3.8) is 0 Å². The van der Waals surface area contributed by atoms with Crippen molar-refractivity contribution in [3.05, 3.63) is 23.8 Å². The molecule has 2 nitrogen and oxygen atoms in total. The first-order chi connectivity index (χ1) is 9.30. The van der Waals surface area contributed by atoms with Crippen LogP contribution in [-0.2, 0) is 6.54 Å². The highest BCUT2D eigenvalue weighted by Gasteiger charge is 2.32. The number of hydrogen-bond acceptors (Lipinski definition) is 3. The van der Waals surface area contributed by atoms with Gasteiger partial charge in [-0.25, -0.2) is 0 Å². The number of alkyl halides is 3. The summed E-state index contributed by atoms with van der Waals surface area (Å²) in [7, 11) is 0. The van der Waals surface area contributed by atoms with Crippen LogP contribution in [0.5, 0.6) is 0 Å². The summed E-state index contributed by atoms with van der Waals surface area (Å²) in [4.78, 5) is 2.32. The Kier molecular flexibility index (Phi) is 6.20. The fourth-order valence-corrected chi connectivity index (χ4v) is 2.91. The summed E-state index contributed by atoms with van der Waals surface area (Å²) >= 11 is 1.60. The first-order valence-corrected chi connectivity index (χ1v) is 7.56. The molecule has 0 atom stereocenters. The lowest BCUT2D eigenvalue weighted by molar-refractivity contribution is -0.120. The Balaban J connectivity index is 3.22. The lowest BCUT2D eigenvalue weighted by atomic mass is 10.1. The van der Waals surface area contributed by atoms with Gasteiger partial charge in [-0.15, -0.1) is 11.8 Å². The molecule has 0 fully saturated rings. The Morgan fingerprint density at radius 2 is 1.95 bits per heavy atom. The van der Waals surface area contributed by atoms with E-state index in [4.69, 9.17) is 5.73 Å². The molecule has 0 unspecified atom stereocenters. The molecule has 0 saturated heterocycles. The van der Waals surface area contributed by atoms with E-state index in [1.54, 1.807) is 37.7 Å². The fourth-order valence-electron chi connectivity index (χ4n) is 2.06. The van der Waals surface area contributed by atoms with Crippen LogP contribution in [-0.4, -0.2) is 24.5 Å². The van der Waals surface area contributed by atoms with E-state index < -0.39 is 12.7 Å². The number of nitrogens with zero attached hydrogens (tertiary/aromatic N) is 1. The highest BCUT2D eigenvalue weighted by molar-refractivity contribution is 7.99. The van der Waals surface area contributed by atoms with Gasteiger partial charge in [0.05, 0.1) is 0 Å². The van der Waals surface area contributed by atoms with E-state index in [0.717, 1.165) is 16.2 Å². The van der Waals surface area contributed by atoms with Crippen LogP contribution in [0.15, 0.2) is 23.1 Å². The van der Waals surface area contributed by atoms with Crippen molar-refractivity contribution in [2.24, 2.45) is 5.73 Å². The zero-order valence-corrected chi connectivity index (χ0v) is 12.8. The van der Waals surface area contributed by atoms with Gasteiger partial charge in [0.25, 0.3) is 0 Å². The van der Waals surface area contributed by atoms with E-state index in [9.17, 15) is 13.2 Å².